The molecule has 3 fully saturated rings. The monoisotopic (exact) mass is 747 g/mol. The Balaban J connectivity index is 1.42. The summed E-state index contributed by atoms with van der Waals surface area (Å²) in [7, 11) is 1.35. The minimum Gasteiger partial charge on any atom is -0.462 e. The maximum absolute atomic E-state index is 14.2. The summed E-state index contributed by atoms with van der Waals surface area (Å²) < 4.78 is 31.6. The number of benzene rings is 1. The molecule has 7 unspecified atom stereocenters. The molecule has 1 spiro atoms. The minimum absolute atomic E-state index is 0.00542. The van der Waals surface area contributed by atoms with Crippen LogP contribution >= 0.6 is 0 Å². The number of esters is 3. The van der Waals surface area contributed by atoms with Crippen LogP contribution in [0.5, 0.6) is 0 Å². The van der Waals surface area contributed by atoms with Gasteiger partial charge in [0.05, 0.1) is 17.8 Å². The third kappa shape index (κ3) is 7.71. The van der Waals surface area contributed by atoms with Gasteiger partial charge in [-0.05, 0) is 55.7 Å². The number of aliphatic hydroxyl groups is 2. The number of allylic oxidation sites excluding steroid dienone is 2. The van der Waals surface area contributed by atoms with E-state index in [0.717, 1.165) is 12.0 Å². The second-order valence-electron chi connectivity index (χ2n) is 15.8. The van der Waals surface area contributed by atoms with Crippen molar-refractivity contribution in [3.05, 3.63) is 83.0 Å². The van der Waals surface area contributed by atoms with Crippen molar-refractivity contribution >= 4 is 23.6 Å². The smallest absolute Gasteiger partial charge is 0.361 e. The first kappa shape index (κ1) is 39.6. The van der Waals surface area contributed by atoms with Crippen LogP contribution in [0.25, 0.3) is 0 Å². The van der Waals surface area contributed by atoms with Gasteiger partial charge < -0.3 is 38.7 Å². The average Bonchev–Trinajstić information content (AvgIpc) is 3.40. The molecule has 3 saturated heterocycles. The number of rotatable bonds is 5. The number of carbonyl (C=O) groups excluding carboxylic acids is 3. The maximum atomic E-state index is 14.2. The van der Waals surface area contributed by atoms with E-state index >= 15 is 0 Å². The highest BCUT2D eigenvalue weighted by molar-refractivity contribution is 6.43. The fourth-order valence-electron chi connectivity index (χ4n) is 8.61. The van der Waals surface area contributed by atoms with E-state index in [9.17, 15) is 24.6 Å². The number of ether oxygens (including phenoxy) is 5. The zero-order chi connectivity index (χ0) is 38.9. The first-order chi connectivity index (χ1) is 25.7. The molecule has 2 bridgehead atoms. The molecule has 6 rings (SSSR count). The normalized spacial score (nSPS) is 39.9. The zero-order valence-corrected chi connectivity index (χ0v) is 32.1. The molecule has 0 radical (unpaired) electrons. The standard InChI is InChI=1S/C42H53NO11/c1-23(2)35-26(5)18-19-41(54-35)22-30-21-29(53-41)17-16-25(4)36(51-40(47)33(43-49-7)28-13-9-8-10-14-28)24(3)12-11-15-31-38(45)52-37-34(44)27(6)20-32(39(46)50-30)42(31,37)48/h8-16,20,23-24,26,29-30,32,34-37,44,48H,17-19,21-22H2,1-7H3/b12-11+,25-16+,31-15+,43-33+/t24-,26-,29?,30?,32?,34+,35?,36?,37?,41?,42+/m0/s1. The van der Waals surface area contributed by atoms with Gasteiger partial charge in [-0.1, -0.05) is 87.5 Å². The Morgan fingerprint density at radius 3 is 2.48 bits per heavy atom. The van der Waals surface area contributed by atoms with E-state index in [1.165, 1.54) is 19.3 Å². The van der Waals surface area contributed by atoms with Crippen LogP contribution in [0.4, 0.5) is 0 Å². The molecule has 54 heavy (non-hydrogen) atoms. The largest absolute Gasteiger partial charge is 0.462 e. The number of oxime groups is 1. The number of aliphatic hydroxyl groups excluding tert-OH is 1. The lowest BCUT2D eigenvalue weighted by Gasteiger charge is -2.50. The predicted octanol–water partition coefficient (Wildman–Crippen LogP) is 5.27. The van der Waals surface area contributed by atoms with Crippen LogP contribution in [-0.2, 0) is 42.9 Å². The van der Waals surface area contributed by atoms with Crippen LogP contribution in [0.3, 0.4) is 0 Å². The van der Waals surface area contributed by atoms with Gasteiger partial charge in [0.25, 0.3) is 0 Å². The number of fused-ring (bicyclic) bond motifs is 2. The molecule has 0 amide bonds. The summed E-state index contributed by atoms with van der Waals surface area (Å²) in [5.41, 5.74) is -0.794. The van der Waals surface area contributed by atoms with Gasteiger partial charge >= 0.3 is 17.9 Å². The highest BCUT2D eigenvalue weighted by Crippen LogP contribution is 2.48. The second-order valence-corrected chi connectivity index (χ2v) is 15.8. The summed E-state index contributed by atoms with van der Waals surface area (Å²) in [6, 6.07) is 8.86. The summed E-state index contributed by atoms with van der Waals surface area (Å²) in [5, 5.41) is 27.4. The van der Waals surface area contributed by atoms with Crippen molar-refractivity contribution in [2.45, 2.75) is 122 Å². The quantitative estimate of drug-likeness (QED) is 0.133. The van der Waals surface area contributed by atoms with Gasteiger partial charge in [0.15, 0.2) is 23.2 Å². The van der Waals surface area contributed by atoms with Gasteiger partial charge in [-0.15, -0.1) is 0 Å². The molecule has 5 aliphatic rings. The molecule has 4 heterocycles. The van der Waals surface area contributed by atoms with Gasteiger partial charge in [0.2, 0.25) is 0 Å². The van der Waals surface area contributed by atoms with Gasteiger partial charge in [-0.2, -0.15) is 0 Å². The van der Waals surface area contributed by atoms with Crippen LogP contribution < -0.4 is 0 Å². The lowest BCUT2D eigenvalue weighted by Crippen LogP contribution is -2.58. The van der Waals surface area contributed by atoms with Crippen LogP contribution in [0.1, 0.15) is 79.2 Å². The SMILES string of the molecule is CO/N=C(/C(=O)OC1/C(C)=C/CC2CC(CC3(CC[C@H](C)C(C(C)C)O3)O2)OC(=O)C2C=C(C)[C@@H](O)C3OC(=O)/C(=C\C=C\[C@@H]1C)[C@@]23O)c1ccccc1. The van der Waals surface area contributed by atoms with Crippen molar-refractivity contribution in [3.8, 4) is 0 Å². The topological polar surface area (TPSA) is 159 Å². The van der Waals surface area contributed by atoms with E-state index in [4.69, 9.17) is 28.5 Å². The zero-order valence-electron chi connectivity index (χ0n) is 32.1. The summed E-state index contributed by atoms with van der Waals surface area (Å²) in [5.74, 6) is -4.59. The number of nitrogens with zero attached hydrogens (tertiary/aromatic N) is 1. The van der Waals surface area contributed by atoms with E-state index in [0.29, 0.717) is 36.3 Å². The van der Waals surface area contributed by atoms with Crippen LogP contribution in [0.2, 0.25) is 0 Å². The van der Waals surface area contributed by atoms with Gasteiger partial charge in [0, 0.05) is 30.7 Å². The molecule has 1 aromatic carbocycles. The van der Waals surface area contributed by atoms with E-state index in [1.807, 2.05) is 26.0 Å². The third-order valence-corrected chi connectivity index (χ3v) is 11.5. The average molecular weight is 748 g/mol. The molecule has 0 saturated carbocycles. The van der Waals surface area contributed by atoms with E-state index in [2.05, 4.69) is 25.9 Å². The number of hydrogen-bond acceptors (Lipinski definition) is 12. The van der Waals surface area contributed by atoms with E-state index in [-0.39, 0.29) is 29.7 Å². The Hall–Kier alpha value is -4.10. The lowest BCUT2D eigenvalue weighted by molar-refractivity contribution is -0.340. The van der Waals surface area contributed by atoms with Crippen molar-refractivity contribution in [1.29, 1.82) is 0 Å². The number of hydrogen-bond donors (Lipinski definition) is 2. The van der Waals surface area contributed by atoms with Crippen LogP contribution in [0.15, 0.2) is 82.6 Å². The molecular formula is C42H53NO11. The second kappa shape index (κ2) is 15.9. The first-order valence-corrected chi connectivity index (χ1v) is 19.0. The van der Waals surface area contributed by atoms with Crippen molar-refractivity contribution in [2.24, 2.45) is 28.8 Å². The molecule has 12 heteroatoms. The highest BCUT2D eigenvalue weighted by Gasteiger charge is 2.64. The first-order valence-electron chi connectivity index (χ1n) is 19.0. The Bertz CT molecular complexity index is 1750. The maximum Gasteiger partial charge on any atom is 0.361 e. The fourth-order valence-corrected chi connectivity index (χ4v) is 8.61. The highest BCUT2D eigenvalue weighted by atomic mass is 16.7. The van der Waals surface area contributed by atoms with Gasteiger partial charge in [-0.25, -0.2) is 9.59 Å². The molecular weight excluding hydrogens is 694 g/mol. The minimum atomic E-state index is -2.22. The molecule has 4 aliphatic heterocycles. The van der Waals surface area contributed by atoms with Crippen molar-refractivity contribution in [1.82, 2.24) is 0 Å². The van der Waals surface area contributed by atoms with E-state index < -0.39 is 71.7 Å². The van der Waals surface area contributed by atoms with Gasteiger partial charge in [-0.3, -0.25) is 4.79 Å². The van der Waals surface area contributed by atoms with Crippen molar-refractivity contribution < 1.29 is 53.1 Å². The van der Waals surface area contributed by atoms with Crippen LogP contribution in [-0.4, -0.2) is 89.0 Å². The van der Waals surface area contributed by atoms with E-state index in [1.54, 1.807) is 43.3 Å². The summed E-state index contributed by atoms with van der Waals surface area (Å²) in [6.07, 6.45) is 5.85. The Labute approximate surface area is 316 Å². The Kier molecular flexibility index (Phi) is 11.7. The molecule has 0 aromatic heterocycles. The summed E-state index contributed by atoms with van der Waals surface area (Å²) in [4.78, 5) is 46.3. The predicted molar refractivity (Wildman–Crippen MR) is 198 cm³/mol. The molecule has 12 nitrogen and oxygen atoms in total. The van der Waals surface area contributed by atoms with Crippen LogP contribution in [0, 0.1) is 23.7 Å². The van der Waals surface area contributed by atoms with Crippen molar-refractivity contribution in [3.63, 3.8) is 0 Å². The Morgan fingerprint density at radius 1 is 1.04 bits per heavy atom. The molecule has 1 aliphatic carbocycles. The summed E-state index contributed by atoms with van der Waals surface area (Å²) in [6.45, 7) is 11.7. The third-order valence-electron chi connectivity index (χ3n) is 11.5. The van der Waals surface area contributed by atoms with Crippen molar-refractivity contribution in [2.75, 3.05) is 7.11 Å². The molecule has 11 atom stereocenters. The molecule has 292 valence electrons. The fraction of sp³-hybridized carbons (Fsp3) is 0.571. The lowest BCUT2D eigenvalue weighted by atomic mass is 9.70. The Morgan fingerprint density at radius 2 is 1.78 bits per heavy atom. The molecule has 1 aromatic rings. The van der Waals surface area contributed by atoms with Gasteiger partial charge in [0.1, 0.15) is 31.3 Å². The number of carbonyl (C=O) groups is 3. The summed E-state index contributed by atoms with van der Waals surface area (Å²) >= 11 is 0. The molecule has 2 N–H and O–H groups in total.